The molecule has 0 N–H and O–H groups in total. The second-order valence-corrected chi connectivity index (χ2v) is 5.20. The molecule has 0 heterocycles. The Morgan fingerprint density at radius 3 is 2.81 bits per heavy atom. The van der Waals surface area contributed by atoms with Crippen LogP contribution in [0.15, 0.2) is 46.3 Å². The summed E-state index contributed by atoms with van der Waals surface area (Å²) in [5, 5.41) is 0. The summed E-state index contributed by atoms with van der Waals surface area (Å²) in [6.45, 7) is 0. The summed E-state index contributed by atoms with van der Waals surface area (Å²) in [4.78, 5) is 0. The van der Waals surface area contributed by atoms with Gasteiger partial charge in [0.05, 0.1) is 5.76 Å². The van der Waals surface area contributed by atoms with Gasteiger partial charge in [0.25, 0.3) is 0 Å². The molecule has 0 aromatic carbocycles. The van der Waals surface area contributed by atoms with Crippen LogP contribution in [-0.2, 0) is 4.43 Å². The van der Waals surface area contributed by atoms with Crippen LogP contribution in [0.2, 0.25) is 0 Å². The molecule has 3 aliphatic rings. The van der Waals surface area contributed by atoms with Crippen molar-refractivity contribution in [2.75, 3.05) is 0 Å². The third-order valence-corrected chi connectivity index (χ3v) is 4.37. The third kappa shape index (κ3) is 1.52. The number of hydrogen-bond acceptors (Lipinski definition) is 1. The second kappa shape index (κ2) is 4.09. The van der Waals surface area contributed by atoms with Gasteiger partial charge in [0, 0.05) is 12.0 Å². The average molecular weight is 230 g/mol. The Morgan fingerprint density at radius 2 is 2.06 bits per heavy atom. The predicted molar refractivity (Wildman–Crippen MR) is 70.0 cm³/mol. The molecular weight excluding hydrogens is 212 g/mol. The Hall–Kier alpha value is -1.02. The van der Waals surface area contributed by atoms with Gasteiger partial charge in [0.2, 0.25) is 10.5 Å². The van der Waals surface area contributed by atoms with E-state index in [2.05, 4.69) is 18.2 Å². The van der Waals surface area contributed by atoms with Gasteiger partial charge in [-0.15, -0.1) is 0 Å². The zero-order valence-corrected chi connectivity index (χ0v) is 11.9. The van der Waals surface area contributed by atoms with Gasteiger partial charge >= 0.3 is 0 Å². The van der Waals surface area contributed by atoms with E-state index >= 15 is 0 Å². The van der Waals surface area contributed by atoms with Gasteiger partial charge in [-0.3, -0.25) is 0 Å². The van der Waals surface area contributed by atoms with E-state index < -0.39 is 0 Å². The van der Waals surface area contributed by atoms with Crippen molar-refractivity contribution in [1.82, 2.24) is 0 Å². The molecule has 1 nitrogen and oxygen atoms in total. The third-order valence-electron chi connectivity index (χ3n) is 3.88. The number of rotatable bonds is 2. The first-order valence-electron chi connectivity index (χ1n) is 6.24. The van der Waals surface area contributed by atoms with E-state index in [9.17, 15) is 0 Å². The molecule has 3 aliphatic carbocycles. The van der Waals surface area contributed by atoms with E-state index in [0.29, 0.717) is 0 Å². The first-order valence-corrected chi connectivity index (χ1v) is 7.06. The van der Waals surface area contributed by atoms with Crippen LogP contribution in [0.1, 0.15) is 38.5 Å². The fourth-order valence-corrected chi connectivity index (χ4v) is 3.44. The molecule has 0 fully saturated rings. The lowest BCUT2D eigenvalue weighted by Crippen LogP contribution is -1.99. The van der Waals surface area contributed by atoms with Gasteiger partial charge in [-0.1, -0.05) is 23.8 Å². The summed E-state index contributed by atoms with van der Waals surface area (Å²) in [6.07, 6.45) is 14.2. The van der Waals surface area contributed by atoms with E-state index in [1.165, 1.54) is 42.6 Å². The van der Waals surface area contributed by atoms with Crippen molar-refractivity contribution in [3.63, 3.8) is 0 Å². The minimum Gasteiger partial charge on any atom is -0.555 e. The molecule has 84 valence electrons. The second-order valence-electron chi connectivity index (χ2n) is 4.79. The molecule has 0 saturated heterocycles. The fourth-order valence-electron chi connectivity index (χ4n) is 3.09. The van der Waals surface area contributed by atoms with Crippen molar-refractivity contribution in [3.8, 4) is 0 Å². The van der Waals surface area contributed by atoms with Crippen LogP contribution >= 0.6 is 0 Å². The van der Waals surface area contributed by atoms with Crippen molar-refractivity contribution in [3.05, 3.63) is 46.3 Å². The van der Waals surface area contributed by atoms with Crippen LogP contribution in [-0.4, -0.2) is 10.5 Å². The summed E-state index contributed by atoms with van der Waals surface area (Å²) < 4.78 is 5.74. The fraction of sp³-hybridized carbons (Fsp3) is 0.429. The van der Waals surface area contributed by atoms with Crippen LogP contribution in [0.3, 0.4) is 0 Å². The topological polar surface area (TPSA) is 9.23 Å². The molecule has 0 aromatic rings. The standard InChI is InChI=1S/C14H18OSi/c16-15-13-9-11-7-3-4-8-12(11)14(13)10-5-1-2-6-10/h1-2,5H,3-4,6-9H2,16H3. The molecule has 0 unspecified atom stereocenters. The normalized spacial score (nSPS) is 24.1. The zero-order valence-electron chi connectivity index (χ0n) is 9.88. The Morgan fingerprint density at radius 1 is 1.19 bits per heavy atom. The van der Waals surface area contributed by atoms with Gasteiger partial charge in [-0.25, -0.2) is 0 Å². The van der Waals surface area contributed by atoms with Crippen LogP contribution in [0, 0.1) is 0 Å². The SMILES string of the molecule is [SiH3]OC1=C(C2=CC=CC2)C2=C(CCCC2)C1. The lowest BCUT2D eigenvalue weighted by Gasteiger charge is -2.17. The van der Waals surface area contributed by atoms with Crippen molar-refractivity contribution >= 4 is 10.5 Å². The van der Waals surface area contributed by atoms with Crippen molar-refractivity contribution in [2.45, 2.75) is 38.5 Å². The first-order chi connectivity index (χ1) is 7.90. The molecule has 0 saturated carbocycles. The van der Waals surface area contributed by atoms with E-state index in [4.69, 9.17) is 4.43 Å². The molecule has 0 spiro atoms. The van der Waals surface area contributed by atoms with E-state index in [1.54, 1.807) is 11.1 Å². The van der Waals surface area contributed by atoms with Gasteiger partial charge in [-0.2, -0.15) is 0 Å². The maximum absolute atomic E-state index is 5.74. The minimum atomic E-state index is 0.817. The highest BCUT2D eigenvalue weighted by Gasteiger charge is 2.28. The van der Waals surface area contributed by atoms with Crippen molar-refractivity contribution in [2.24, 2.45) is 0 Å². The molecule has 0 bridgehead atoms. The molecule has 16 heavy (non-hydrogen) atoms. The Labute approximate surface area is 100 Å². The summed E-state index contributed by atoms with van der Waals surface area (Å²) in [5.74, 6) is 1.27. The summed E-state index contributed by atoms with van der Waals surface area (Å²) >= 11 is 0. The summed E-state index contributed by atoms with van der Waals surface area (Å²) in [7, 11) is 0.817. The smallest absolute Gasteiger partial charge is 0.203 e. The number of allylic oxidation sites excluding steroid dienone is 7. The van der Waals surface area contributed by atoms with Gasteiger partial charge < -0.3 is 4.43 Å². The zero-order chi connectivity index (χ0) is 11.0. The maximum atomic E-state index is 5.74. The minimum absolute atomic E-state index is 0.817. The lowest BCUT2D eigenvalue weighted by atomic mass is 9.88. The largest absolute Gasteiger partial charge is 0.555 e. The van der Waals surface area contributed by atoms with E-state index in [-0.39, 0.29) is 0 Å². The van der Waals surface area contributed by atoms with Crippen molar-refractivity contribution in [1.29, 1.82) is 0 Å². The summed E-state index contributed by atoms with van der Waals surface area (Å²) in [5.41, 5.74) is 6.26. The predicted octanol–water partition coefficient (Wildman–Crippen LogP) is 2.70. The Bertz CT molecular complexity index is 438. The molecule has 0 aliphatic heterocycles. The van der Waals surface area contributed by atoms with Crippen LogP contribution in [0.5, 0.6) is 0 Å². The molecule has 0 aromatic heterocycles. The molecule has 0 atom stereocenters. The van der Waals surface area contributed by atoms with Gasteiger partial charge in [-0.05, 0) is 43.3 Å². The summed E-state index contributed by atoms with van der Waals surface area (Å²) in [6, 6.07) is 0. The highest BCUT2D eigenvalue weighted by molar-refractivity contribution is 5.99. The van der Waals surface area contributed by atoms with Gasteiger partial charge in [0.15, 0.2) is 0 Å². The first kappa shape index (κ1) is 10.2. The highest BCUT2D eigenvalue weighted by Crippen LogP contribution is 2.45. The maximum Gasteiger partial charge on any atom is 0.203 e. The average Bonchev–Trinajstić information content (AvgIpc) is 2.94. The lowest BCUT2D eigenvalue weighted by molar-refractivity contribution is 0.453. The molecule has 3 rings (SSSR count). The number of hydrogen-bond donors (Lipinski definition) is 0. The highest BCUT2D eigenvalue weighted by atomic mass is 28.2. The molecule has 0 amide bonds. The van der Waals surface area contributed by atoms with Crippen LogP contribution in [0.25, 0.3) is 0 Å². The molecule has 2 heteroatoms. The van der Waals surface area contributed by atoms with Gasteiger partial charge in [0.1, 0.15) is 0 Å². The quantitative estimate of drug-likeness (QED) is 0.663. The van der Waals surface area contributed by atoms with Crippen LogP contribution < -0.4 is 0 Å². The monoisotopic (exact) mass is 230 g/mol. The Kier molecular flexibility index (Phi) is 2.60. The van der Waals surface area contributed by atoms with E-state index in [1.807, 2.05) is 0 Å². The molecule has 0 radical (unpaired) electrons. The van der Waals surface area contributed by atoms with E-state index in [0.717, 1.165) is 23.3 Å². The molecular formula is C14H18OSi. The van der Waals surface area contributed by atoms with Crippen molar-refractivity contribution < 1.29 is 4.43 Å². The Balaban J connectivity index is 1.99. The van der Waals surface area contributed by atoms with Crippen LogP contribution in [0.4, 0.5) is 0 Å².